The van der Waals surface area contributed by atoms with Gasteiger partial charge in [0.05, 0.1) is 0 Å². The molecule has 0 aromatic rings. The Hall–Kier alpha value is -1.56. The summed E-state index contributed by atoms with van der Waals surface area (Å²) >= 11 is 0. The van der Waals surface area contributed by atoms with Gasteiger partial charge in [-0.25, -0.2) is 0 Å². The molecule has 0 heteroatoms. The molecule has 0 saturated heterocycles. The summed E-state index contributed by atoms with van der Waals surface area (Å²) in [5, 5.41) is 0. The lowest BCUT2D eigenvalue weighted by molar-refractivity contribution is 0.516. The Morgan fingerprint density at radius 2 is 0.450 bits per heavy atom. The van der Waals surface area contributed by atoms with Crippen molar-refractivity contribution < 1.29 is 0 Å². The molecule has 0 bridgehead atoms. The summed E-state index contributed by atoms with van der Waals surface area (Å²) in [6, 6.07) is 0. The first-order chi connectivity index (χ1) is 29.3. The van der Waals surface area contributed by atoms with Crippen LogP contribution in [0.4, 0.5) is 0 Å². The molecule has 0 atom stereocenters. The summed E-state index contributed by atoms with van der Waals surface area (Å²) in [7, 11) is 0. The fraction of sp³-hybridized carbons (Fsp3) is 0.800. The largest absolute Gasteiger partial charge is 0.0885 e. The third-order valence-corrected chi connectivity index (χ3v) is 11.2. The van der Waals surface area contributed by atoms with E-state index < -0.39 is 0 Å². The minimum Gasteiger partial charge on any atom is -0.0885 e. The minimum absolute atomic E-state index is 0.878. The Kier molecular flexibility index (Phi) is 62.2. The quantitative estimate of drug-likeness (QED) is 0.0424. The standard InChI is InChI=1S/C20H40.C20H38.C20H36/c3*1-4-5-6-7-8-9-10-11-12-13-14-15-16-17-18-19-20(2)3/h11-12,20H,4-10,13-19H2,1-3H3;8-9,11-12,20H,4-7,10,13-19H2,1-3H3;5-6,8-9,11-12,20H,4,7,10,13-19H2,1-3H3/b12-11-;9-8-,12-11-;6-5-,9-8-,12-11-. The molecule has 0 aromatic heterocycles. The van der Waals surface area contributed by atoms with E-state index in [1.54, 1.807) is 0 Å². The zero-order valence-corrected chi connectivity index (χ0v) is 43.1. The van der Waals surface area contributed by atoms with Gasteiger partial charge >= 0.3 is 0 Å². The van der Waals surface area contributed by atoms with Crippen molar-refractivity contribution in [2.24, 2.45) is 17.8 Å². The molecule has 0 aliphatic carbocycles. The highest BCUT2D eigenvalue weighted by Crippen LogP contribution is 2.14. The summed E-state index contributed by atoms with van der Waals surface area (Å²) in [6.07, 6.45) is 76.7. The molecule has 0 N–H and O–H groups in total. The highest BCUT2D eigenvalue weighted by atomic mass is 14.0. The number of hydrogen-bond acceptors (Lipinski definition) is 0. The van der Waals surface area contributed by atoms with Crippen molar-refractivity contribution in [1.29, 1.82) is 0 Å². The average Bonchev–Trinajstić information content (AvgIpc) is 3.22. The molecule has 0 amide bonds. The van der Waals surface area contributed by atoms with Gasteiger partial charge in [-0.2, -0.15) is 0 Å². The SMILES string of the molecule is CC/C=C\C/C=C\C/C=C\CCCCCCCC(C)C.CCCCC/C=C\C/C=C\CCCCCCCC(C)C.CCCCCCCC/C=C\CCCCCCCC(C)C. The molecule has 0 heterocycles. The first-order valence-corrected chi connectivity index (χ1v) is 27.2. The Balaban J connectivity index is -0.000000812. The minimum atomic E-state index is 0.878. The summed E-state index contributed by atoms with van der Waals surface area (Å²) in [5.74, 6) is 2.65. The van der Waals surface area contributed by atoms with Gasteiger partial charge in [-0.3, -0.25) is 0 Å². The lowest BCUT2D eigenvalue weighted by atomic mass is 10.0. The van der Waals surface area contributed by atoms with Crippen molar-refractivity contribution in [3.63, 3.8) is 0 Å². The van der Waals surface area contributed by atoms with E-state index in [4.69, 9.17) is 0 Å². The second-order valence-corrected chi connectivity index (χ2v) is 19.2. The van der Waals surface area contributed by atoms with Gasteiger partial charge in [0.25, 0.3) is 0 Å². The molecule has 0 aliphatic heterocycles. The molecular weight excluding hydrogens is 721 g/mol. The van der Waals surface area contributed by atoms with Crippen LogP contribution in [0.15, 0.2) is 72.9 Å². The van der Waals surface area contributed by atoms with Crippen LogP contribution in [0.2, 0.25) is 0 Å². The van der Waals surface area contributed by atoms with Crippen LogP contribution < -0.4 is 0 Å². The Morgan fingerprint density at radius 3 is 0.750 bits per heavy atom. The van der Waals surface area contributed by atoms with Crippen LogP contribution in [0.5, 0.6) is 0 Å². The highest BCUT2D eigenvalue weighted by Gasteiger charge is 1.96. The summed E-state index contributed by atoms with van der Waals surface area (Å²) < 4.78 is 0. The van der Waals surface area contributed by atoms with Gasteiger partial charge in [0.1, 0.15) is 0 Å². The number of rotatable bonds is 42. The lowest BCUT2D eigenvalue weighted by Crippen LogP contribution is -1.87. The zero-order valence-electron chi connectivity index (χ0n) is 43.1. The van der Waals surface area contributed by atoms with E-state index in [1.807, 2.05) is 0 Å². The lowest BCUT2D eigenvalue weighted by Gasteiger charge is -2.03. The predicted molar refractivity (Wildman–Crippen MR) is 283 cm³/mol. The van der Waals surface area contributed by atoms with Crippen molar-refractivity contribution in [3.05, 3.63) is 72.9 Å². The van der Waals surface area contributed by atoms with E-state index >= 15 is 0 Å². The van der Waals surface area contributed by atoms with Crippen LogP contribution in [0.3, 0.4) is 0 Å². The molecule has 0 radical (unpaired) electrons. The van der Waals surface area contributed by atoms with Crippen LogP contribution in [0.25, 0.3) is 0 Å². The van der Waals surface area contributed by atoms with E-state index in [0.29, 0.717) is 0 Å². The van der Waals surface area contributed by atoms with Crippen molar-refractivity contribution in [2.75, 3.05) is 0 Å². The molecule has 354 valence electrons. The van der Waals surface area contributed by atoms with E-state index in [-0.39, 0.29) is 0 Å². The molecule has 0 nitrogen and oxygen atoms in total. The zero-order chi connectivity index (χ0) is 44.7. The Morgan fingerprint density at radius 1 is 0.233 bits per heavy atom. The molecule has 0 fully saturated rings. The van der Waals surface area contributed by atoms with Crippen LogP contribution in [0, 0.1) is 17.8 Å². The van der Waals surface area contributed by atoms with Crippen LogP contribution in [-0.4, -0.2) is 0 Å². The topological polar surface area (TPSA) is 0 Å². The van der Waals surface area contributed by atoms with Crippen molar-refractivity contribution in [2.45, 2.75) is 293 Å². The Bertz CT molecular complexity index is 904. The smallest absolute Gasteiger partial charge is 0.0169 e. The fourth-order valence-corrected chi connectivity index (χ4v) is 7.16. The van der Waals surface area contributed by atoms with Crippen LogP contribution in [-0.2, 0) is 0 Å². The van der Waals surface area contributed by atoms with E-state index in [1.165, 1.54) is 205 Å². The Labute approximate surface area is 382 Å². The number of allylic oxidation sites excluding steroid dienone is 12. The summed E-state index contributed by atoms with van der Waals surface area (Å²) in [4.78, 5) is 0. The second kappa shape index (κ2) is 59.5. The normalized spacial score (nSPS) is 12.2. The summed E-state index contributed by atoms with van der Waals surface area (Å²) in [5.41, 5.74) is 0. The van der Waals surface area contributed by atoms with Crippen LogP contribution in [0.1, 0.15) is 293 Å². The second-order valence-electron chi connectivity index (χ2n) is 19.2. The van der Waals surface area contributed by atoms with Gasteiger partial charge in [-0.1, -0.05) is 276 Å². The fourth-order valence-electron chi connectivity index (χ4n) is 7.16. The molecule has 0 saturated carbocycles. The highest BCUT2D eigenvalue weighted by molar-refractivity contribution is 4.97. The van der Waals surface area contributed by atoms with Gasteiger partial charge in [-0.05, 0) is 108 Å². The third-order valence-electron chi connectivity index (χ3n) is 11.2. The van der Waals surface area contributed by atoms with E-state index in [9.17, 15) is 0 Å². The molecule has 0 spiro atoms. The average molecular weight is 836 g/mol. The number of unbranched alkanes of at least 4 members (excludes halogenated alkanes) is 24. The monoisotopic (exact) mass is 835 g/mol. The summed E-state index contributed by atoms with van der Waals surface area (Å²) in [6.45, 7) is 20.7. The maximum Gasteiger partial charge on any atom is -0.0169 e. The maximum atomic E-state index is 2.42. The first-order valence-electron chi connectivity index (χ1n) is 27.2. The van der Waals surface area contributed by atoms with Crippen molar-refractivity contribution in [1.82, 2.24) is 0 Å². The van der Waals surface area contributed by atoms with Gasteiger partial charge in [0.15, 0.2) is 0 Å². The maximum absolute atomic E-state index is 2.42. The van der Waals surface area contributed by atoms with Gasteiger partial charge < -0.3 is 0 Å². The predicted octanol–water partition coefficient (Wildman–Crippen LogP) is 22.4. The van der Waals surface area contributed by atoms with Crippen molar-refractivity contribution >= 4 is 0 Å². The molecular formula is C60H114. The van der Waals surface area contributed by atoms with E-state index in [0.717, 1.165) is 43.4 Å². The molecule has 60 heavy (non-hydrogen) atoms. The molecule has 0 aromatic carbocycles. The molecule has 0 rings (SSSR count). The van der Waals surface area contributed by atoms with Gasteiger partial charge in [-0.15, -0.1) is 0 Å². The molecule has 0 unspecified atom stereocenters. The number of hydrogen-bond donors (Lipinski definition) is 0. The third kappa shape index (κ3) is 71.0. The van der Waals surface area contributed by atoms with Gasteiger partial charge in [0.2, 0.25) is 0 Å². The van der Waals surface area contributed by atoms with Crippen molar-refractivity contribution in [3.8, 4) is 0 Å². The molecule has 0 aliphatic rings. The first kappa shape index (κ1) is 62.7. The van der Waals surface area contributed by atoms with E-state index in [2.05, 4.69) is 135 Å². The van der Waals surface area contributed by atoms with Gasteiger partial charge in [0, 0.05) is 0 Å². The van der Waals surface area contributed by atoms with Crippen LogP contribution >= 0.6 is 0 Å².